The molecule has 1 aromatic carbocycles. The zero-order valence-electron chi connectivity index (χ0n) is 13.4. The lowest BCUT2D eigenvalue weighted by Gasteiger charge is -2.38. The zero-order chi connectivity index (χ0) is 15.9. The topological polar surface area (TPSA) is 52.7 Å². The van der Waals surface area contributed by atoms with Crippen LogP contribution in [0.1, 0.15) is 24.8 Å². The van der Waals surface area contributed by atoms with Crippen molar-refractivity contribution in [3.63, 3.8) is 0 Å². The van der Waals surface area contributed by atoms with Crippen LogP contribution in [0.25, 0.3) is 0 Å². The molecule has 0 aromatic heterocycles. The fraction of sp³-hybridized carbons (Fsp3) is 0.556. The van der Waals surface area contributed by atoms with Crippen LogP contribution in [0.4, 0.5) is 5.69 Å². The first kappa shape index (κ1) is 14.5. The number of para-hydroxylation sites is 1. The summed E-state index contributed by atoms with van der Waals surface area (Å²) < 4.78 is 0. The van der Waals surface area contributed by atoms with E-state index in [1.54, 1.807) is 0 Å². The van der Waals surface area contributed by atoms with Crippen molar-refractivity contribution in [2.75, 3.05) is 37.6 Å². The molecule has 0 atom stereocenters. The number of carbonyl (C=O) groups is 2. The highest BCUT2D eigenvalue weighted by Gasteiger charge is 2.45. The fourth-order valence-corrected chi connectivity index (χ4v) is 4.21. The van der Waals surface area contributed by atoms with Crippen molar-refractivity contribution in [2.45, 2.75) is 25.7 Å². The van der Waals surface area contributed by atoms with Crippen molar-refractivity contribution in [1.82, 2.24) is 10.2 Å². The molecule has 3 aliphatic heterocycles. The van der Waals surface area contributed by atoms with E-state index in [2.05, 4.69) is 28.4 Å². The van der Waals surface area contributed by atoms with Crippen molar-refractivity contribution in [2.24, 2.45) is 5.41 Å². The predicted octanol–water partition coefficient (Wildman–Crippen LogP) is 1.18. The Morgan fingerprint density at radius 2 is 1.91 bits per heavy atom. The Balaban J connectivity index is 1.37. The monoisotopic (exact) mass is 313 g/mol. The third-order valence-corrected chi connectivity index (χ3v) is 5.75. The van der Waals surface area contributed by atoms with E-state index in [4.69, 9.17) is 0 Å². The van der Waals surface area contributed by atoms with Crippen LogP contribution in [-0.2, 0) is 16.0 Å². The maximum Gasteiger partial charge on any atom is 0.242 e. The lowest BCUT2D eigenvalue weighted by atomic mass is 9.77. The molecule has 1 aromatic rings. The molecule has 3 aliphatic rings. The first-order valence-corrected chi connectivity index (χ1v) is 8.57. The highest BCUT2D eigenvalue weighted by Crippen LogP contribution is 2.38. The quantitative estimate of drug-likeness (QED) is 0.892. The fourth-order valence-electron chi connectivity index (χ4n) is 4.21. The van der Waals surface area contributed by atoms with E-state index in [1.165, 1.54) is 11.3 Å². The van der Waals surface area contributed by atoms with Gasteiger partial charge in [0.2, 0.25) is 11.8 Å². The molecular weight excluding hydrogens is 290 g/mol. The van der Waals surface area contributed by atoms with Gasteiger partial charge in [0.25, 0.3) is 0 Å². The van der Waals surface area contributed by atoms with Crippen LogP contribution >= 0.6 is 0 Å². The number of fused-ring (bicyclic) bond motifs is 1. The minimum atomic E-state index is -0.197. The van der Waals surface area contributed by atoms with Crippen LogP contribution in [0, 0.1) is 5.41 Å². The Kier molecular flexibility index (Phi) is 3.51. The molecular formula is C18H23N3O2. The summed E-state index contributed by atoms with van der Waals surface area (Å²) in [4.78, 5) is 28.8. The van der Waals surface area contributed by atoms with E-state index in [0.717, 1.165) is 38.8 Å². The number of hydrogen-bond donors (Lipinski definition) is 1. The van der Waals surface area contributed by atoms with E-state index in [0.29, 0.717) is 19.6 Å². The molecule has 122 valence electrons. The molecule has 2 saturated heterocycles. The number of piperidine rings is 1. The van der Waals surface area contributed by atoms with E-state index in [9.17, 15) is 9.59 Å². The summed E-state index contributed by atoms with van der Waals surface area (Å²) in [5.74, 6) is 0.382. The lowest BCUT2D eigenvalue weighted by molar-refractivity contribution is -0.137. The number of likely N-dealkylation sites (tertiary alicyclic amines) is 1. The van der Waals surface area contributed by atoms with Gasteiger partial charge in [-0.2, -0.15) is 0 Å². The normalized spacial score (nSPS) is 22.3. The Morgan fingerprint density at radius 1 is 1.13 bits per heavy atom. The van der Waals surface area contributed by atoms with Gasteiger partial charge in [0.15, 0.2) is 0 Å². The number of amides is 2. The average Bonchev–Trinajstić information content (AvgIpc) is 3.13. The highest BCUT2D eigenvalue weighted by molar-refractivity contribution is 5.86. The maximum atomic E-state index is 12.6. The number of hydrogen-bond acceptors (Lipinski definition) is 3. The predicted molar refractivity (Wildman–Crippen MR) is 88.2 cm³/mol. The van der Waals surface area contributed by atoms with Crippen LogP contribution < -0.4 is 10.2 Å². The van der Waals surface area contributed by atoms with E-state index < -0.39 is 0 Å². The molecule has 0 bridgehead atoms. The molecule has 1 spiro atoms. The summed E-state index contributed by atoms with van der Waals surface area (Å²) in [7, 11) is 0. The highest BCUT2D eigenvalue weighted by atomic mass is 16.2. The summed E-state index contributed by atoms with van der Waals surface area (Å²) in [5.41, 5.74) is 2.34. The van der Waals surface area contributed by atoms with Crippen LogP contribution in [0.5, 0.6) is 0 Å². The molecule has 4 rings (SSSR count). The van der Waals surface area contributed by atoms with Gasteiger partial charge in [-0.05, 0) is 37.3 Å². The molecule has 3 heterocycles. The van der Waals surface area contributed by atoms with Gasteiger partial charge in [-0.15, -0.1) is 0 Å². The van der Waals surface area contributed by atoms with Crippen molar-refractivity contribution < 1.29 is 9.59 Å². The van der Waals surface area contributed by atoms with E-state index in [1.807, 2.05) is 11.0 Å². The van der Waals surface area contributed by atoms with Crippen LogP contribution in [0.3, 0.4) is 0 Å². The largest absolute Gasteiger partial charge is 0.362 e. The number of nitrogens with zero attached hydrogens (tertiary/aromatic N) is 2. The number of rotatable bonds is 2. The average molecular weight is 313 g/mol. The minimum Gasteiger partial charge on any atom is -0.362 e. The van der Waals surface area contributed by atoms with Crippen molar-refractivity contribution in [3.8, 4) is 0 Å². The van der Waals surface area contributed by atoms with Gasteiger partial charge >= 0.3 is 0 Å². The molecule has 2 amide bonds. The van der Waals surface area contributed by atoms with Crippen molar-refractivity contribution in [1.29, 1.82) is 0 Å². The Labute approximate surface area is 136 Å². The van der Waals surface area contributed by atoms with Crippen molar-refractivity contribution >= 4 is 17.5 Å². The van der Waals surface area contributed by atoms with Gasteiger partial charge in [-0.25, -0.2) is 0 Å². The van der Waals surface area contributed by atoms with Gasteiger partial charge < -0.3 is 15.1 Å². The van der Waals surface area contributed by atoms with Gasteiger partial charge in [0, 0.05) is 31.9 Å². The van der Waals surface area contributed by atoms with Crippen LogP contribution in [0.2, 0.25) is 0 Å². The molecule has 2 fully saturated rings. The second-order valence-electron chi connectivity index (χ2n) is 6.97. The smallest absolute Gasteiger partial charge is 0.242 e. The van der Waals surface area contributed by atoms with Crippen LogP contribution in [0.15, 0.2) is 24.3 Å². The molecule has 5 heteroatoms. The second-order valence-corrected chi connectivity index (χ2v) is 6.97. The third kappa shape index (κ3) is 2.48. The maximum absolute atomic E-state index is 12.6. The third-order valence-electron chi connectivity index (χ3n) is 5.75. The van der Waals surface area contributed by atoms with Crippen molar-refractivity contribution in [3.05, 3.63) is 29.8 Å². The van der Waals surface area contributed by atoms with Crippen LogP contribution in [-0.4, -0.2) is 49.4 Å². The summed E-state index contributed by atoms with van der Waals surface area (Å²) in [5, 5.41) is 2.94. The molecule has 0 aliphatic carbocycles. The Morgan fingerprint density at radius 3 is 2.65 bits per heavy atom. The van der Waals surface area contributed by atoms with Gasteiger partial charge in [-0.1, -0.05) is 18.2 Å². The Hall–Kier alpha value is -2.04. The standard InChI is InChI=1S/C18H23N3O2/c22-16(13-21-10-5-14-3-1-2-4-15(14)21)20-11-7-18(8-12-20)6-9-19-17(18)23/h1-4H,5-13H2,(H,19,23). The Bertz CT molecular complexity index is 635. The lowest BCUT2D eigenvalue weighted by Crippen LogP contribution is -2.48. The molecule has 23 heavy (non-hydrogen) atoms. The number of anilines is 1. The summed E-state index contributed by atoms with van der Waals surface area (Å²) >= 11 is 0. The molecule has 0 radical (unpaired) electrons. The van der Waals surface area contributed by atoms with E-state index >= 15 is 0 Å². The number of nitrogens with one attached hydrogen (secondary N) is 1. The molecule has 5 nitrogen and oxygen atoms in total. The van der Waals surface area contributed by atoms with Gasteiger partial charge in [0.05, 0.1) is 12.0 Å². The first-order valence-electron chi connectivity index (χ1n) is 8.57. The van der Waals surface area contributed by atoms with Gasteiger partial charge in [-0.3, -0.25) is 9.59 Å². The molecule has 0 unspecified atom stereocenters. The zero-order valence-corrected chi connectivity index (χ0v) is 13.4. The SMILES string of the molecule is O=C(CN1CCc2ccccc21)N1CCC2(CCNC2=O)CC1. The summed E-state index contributed by atoms with van der Waals surface area (Å²) in [6.07, 6.45) is 3.56. The minimum absolute atomic E-state index is 0.190. The second kappa shape index (κ2) is 5.55. The summed E-state index contributed by atoms with van der Waals surface area (Å²) in [6.45, 7) is 3.59. The summed E-state index contributed by atoms with van der Waals surface area (Å²) in [6, 6.07) is 8.33. The van der Waals surface area contributed by atoms with E-state index in [-0.39, 0.29) is 17.2 Å². The number of benzene rings is 1. The number of carbonyl (C=O) groups excluding carboxylic acids is 2. The van der Waals surface area contributed by atoms with Gasteiger partial charge in [0.1, 0.15) is 0 Å². The molecule has 0 saturated carbocycles. The first-order chi connectivity index (χ1) is 11.2. The molecule has 1 N–H and O–H groups in total.